The number of nitrogens with one attached hydrogen (secondary N) is 1. The van der Waals surface area contributed by atoms with Crippen LogP contribution in [0, 0.1) is 5.82 Å². The maximum atomic E-state index is 13.7. The lowest BCUT2D eigenvalue weighted by Crippen LogP contribution is -2.34. The van der Waals surface area contributed by atoms with Gasteiger partial charge in [0.15, 0.2) is 0 Å². The summed E-state index contributed by atoms with van der Waals surface area (Å²) in [5.41, 5.74) is 2.25. The van der Waals surface area contributed by atoms with E-state index < -0.39 is 15.8 Å². The minimum absolute atomic E-state index is 0.0536. The summed E-state index contributed by atoms with van der Waals surface area (Å²) in [5, 5.41) is 3.71. The molecule has 0 aliphatic heterocycles. The molecule has 2 saturated carbocycles. The maximum absolute atomic E-state index is 13.7. The first-order valence-corrected chi connectivity index (χ1v) is 11.7. The lowest BCUT2D eigenvalue weighted by atomic mass is 9.82. The van der Waals surface area contributed by atoms with Gasteiger partial charge in [0, 0.05) is 30.0 Å². The van der Waals surface area contributed by atoms with Crippen molar-refractivity contribution < 1.29 is 12.8 Å². The third-order valence-corrected chi connectivity index (χ3v) is 7.79. The summed E-state index contributed by atoms with van der Waals surface area (Å²) in [6, 6.07) is 9.92. The van der Waals surface area contributed by atoms with E-state index >= 15 is 0 Å². The molecule has 0 saturated heterocycles. The van der Waals surface area contributed by atoms with Gasteiger partial charge >= 0.3 is 0 Å². The average Bonchev–Trinajstić information content (AvgIpc) is 3.45. The van der Waals surface area contributed by atoms with E-state index in [1.165, 1.54) is 35.0 Å². The van der Waals surface area contributed by atoms with E-state index in [0.29, 0.717) is 17.6 Å². The Labute approximate surface area is 170 Å². The number of aromatic nitrogens is 2. The molecular formula is C22H24FN3O2S. The molecule has 0 atom stereocenters. The van der Waals surface area contributed by atoms with Gasteiger partial charge in [-0.25, -0.2) is 16.8 Å². The predicted molar refractivity (Wildman–Crippen MR) is 110 cm³/mol. The molecule has 5 nitrogen and oxygen atoms in total. The maximum Gasteiger partial charge on any atom is 0.268 e. The molecule has 1 N–H and O–H groups in total. The Hall–Kier alpha value is -2.25. The van der Waals surface area contributed by atoms with Crippen LogP contribution in [0.25, 0.3) is 11.0 Å². The summed E-state index contributed by atoms with van der Waals surface area (Å²) < 4.78 is 41.4. The molecule has 2 aromatic heterocycles. The summed E-state index contributed by atoms with van der Waals surface area (Å²) >= 11 is 0. The Morgan fingerprint density at radius 1 is 1.00 bits per heavy atom. The first-order valence-electron chi connectivity index (χ1n) is 10.3. The van der Waals surface area contributed by atoms with E-state index in [9.17, 15) is 12.8 Å². The van der Waals surface area contributed by atoms with Gasteiger partial charge in [-0.1, -0.05) is 6.07 Å². The van der Waals surface area contributed by atoms with Gasteiger partial charge in [-0.2, -0.15) is 0 Å². The molecule has 2 heterocycles. The molecule has 152 valence electrons. The fourth-order valence-corrected chi connectivity index (χ4v) is 5.84. The lowest BCUT2D eigenvalue weighted by molar-refractivity contribution is 0.341. The van der Waals surface area contributed by atoms with Crippen LogP contribution in [0.3, 0.4) is 0 Å². The van der Waals surface area contributed by atoms with Crippen molar-refractivity contribution in [3.8, 4) is 0 Å². The van der Waals surface area contributed by atoms with Crippen molar-refractivity contribution >= 4 is 21.1 Å². The van der Waals surface area contributed by atoms with Crippen molar-refractivity contribution in [2.75, 3.05) is 0 Å². The minimum Gasteiger partial charge on any atom is -0.311 e. The molecule has 2 aliphatic carbocycles. The second-order valence-electron chi connectivity index (χ2n) is 8.20. The largest absolute Gasteiger partial charge is 0.311 e. The van der Waals surface area contributed by atoms with Crippen LogP contribution in [-0.2, 0) is 10.0 Å². The van der Waals surface area contributed by atoms with Gasteiger partial charge in [0.2, 0.25) is 0 Å². The van der Waals surface area contributed by atoms with E-state index in [0.717, 1.165) is 42.8 Å². The quantitative estimate of drug-likeness (QED) is 0.681. The summed E-state index contributed by atoms with van der Waals surface area (Å²) in [6.07, 6.45) is 10.2. The van der Waals surface area contributed by atoms with Gasteiger partial charge in [0.05, 0.1) is 15.9 Å². The first-order chi connectivity index (χ1) is 14.0. The van der Waals surface area contributed by atoms with Crippen molar-refractivity contribution in [1.82, 2.24) is 14.3 Å². The standard InChI is InChI=1S/C22H24FN3O2S/c23-16-3-1-4-19(13-16)29(27,28)26-14-20(22-21(26)5-2-12-24-22)15-6-8-17(9-7-15)25-18-10-11-18/h1-5,12-15,17-18,25H,6-11H2. The molecule has 0 amide bonds. The molecule has 0 bridgehead atoms. The van der Waals surface area contributed by atoms with Crippen molar-refractivity contribution in [3.05, 3.63) is 60.2 Å². The Bertz CT molecular complexity index is 1150. The Balaban J connectivity index is 1.50. The highest BCUT2D eigenvalue weighted by Gasteiger charge is 2.31. The van der Waals surface area contributed by atoms with Gasteiger partial charge in [-0.15, -0.1) is 0 Å². The van der Waals surface area contributed by atoms with Crippen molar-refractivity contribution in [2.24, 2.45) is 0 Å². The topological polar surface area (TPSA) is 64.0 Å². The summed E-state index contributed by atoms with van der Waals surface area (Å²) in [6.45, 7) is 0. The average molecular weight is 414 g/mol. The molecule has 0 radical (unpaired) electrons. The number of nitrogens with zero attached hydrogens (tertiary/aromatic N) is 2. The van der Waals surface area contributed by atoms with Crippen LogP contribution >= 0.6 is 0 Å². The van der Waals surface area contributed by atoms with E-state index in [1.54, 1.807) is 24.5 Å². The van der Waals surface area contributed by atoms with Crippen molar-refractivity contribution in [2.45, 2.75) is 61.4 Å². The Kier molecular flexibility index (Phi) is 4.67. The third kappa shape index (κ3) is 3.57. The fourth-order valence-electron chi connectivity index (χ4n) is 4.45. The van der Waals surface area contributed by atoms with Crippen LogP contribution in [0.2, 0.25) is 0 Å². The zero-order valence-corrected chi connectivity index (χ0v) is 16.9. The summed E-state index contributed by atoms with van der Waals surface area (Å²) in [7, 11) is -3.90. The second kappa shape index (κ2) is 7.22. The SMILES string of the molecule is O=S(=O)(c1cccc(F)c1)n1cc(C2CCC(NC3CC3)CC2)c2ncccc21. The van der Waals surface area contributed by atoms with Crippen LogP contribution in [0.4, 0.5) is 4.39 Å². The van der Waals surface area contributed by atoms with Crippen LogP contribution in [0.1, 0.15) is 50.0 Å². The van der Waals surface area contributed by atoms with Crippen LogP contribution in [0.15, 0.2) is 53.7 Å². The smallest absolute Gasteiger partial charge is 0.268 e. The van der Waals surface area contributed by atoms with Crippen LogP contribution < -0.4 is 5.32 Å². The molecule has 3 aromatic rings. The van der Waals surface area contributed by atoms with E-state index in [-0.39, 0.29) is 10.8 Å². The Morgan fingerprint density at radius 2 is 1.72 bits per heavy atom. The number of rotatable bonds is 5. The summed E-state index contributed by atoms with van der Waals surface area (Å²) in [5.74, 6) is -0.281. The molecule has 7 heteroatoms. The highest BCUT2D eigenvalue weighted by atomic mass is 32.2. The number of hydrogen-bond acceptors (Lipinski definition) is 4. The zero-order chi connectivity index (χ0) is 20.0. The van der Waals surface area contributed by atoms with Crippen LogP contribution in [0.5, 0.6) is 0 Å². The van der Waals surface area contributed by atoms with E-state index in [1.807, 2.05) is 0 Å². The van der Waals surface area contributed by atoms with Crippen molar-refractivity contribution in [1.29, 1.82) is 0 Å². The van der Waals surface area contributed by atoms with Gasteiger partial charge in [0.1, 0.15) is 5.82 Å². The number of fused-ring (bicyclic) bond motifs is 1. The third-order valence-electron chi connectivity index (χ3n) is 6.12. The fraction of sp³-hybridized carbons (Fsp3) is 0.409. The van der Waals surface area contributed by atoms with Gasteiger partial charge in [-0.05, 0) is 74.8 Å². The van der Waals surface area contributed by atoms with Crippen molar-refractivity contribution in [3.63, 3.8) is 0 Å². The van der Waals surface area contributed by atoms with Gasteiger partial charge in [-0.3, -0.25) is 4.98 Å². The monoisotopic (exact) mass is 413 g/mol. The second-order valence-corrected chi connectivity index (χ2v) is 10.0. The Morgan fingerprint density at radius 3 is 2.41 bits per heavy atom. The van der Waals surface area contributed by atoms with Gasteiger partial charge in [0.25, 0.3) is 10.0 Å². The summed E-state index contributed by atoms with van der Waals surface area (Å²) in [4.78, 5) is 4.45. The van der Waals surface area contributed by atoms with Crippen LogP contribution in [-0.4, -0.2) is 29.5 Å². The van der Waals surface area contributed by atoms with E-state index in [4.69, 9.17) is 0 Å². The number of hydrogen-bond donors (Lipinski definition) is 1. The lowest BCUT2D eigenvalue weighted by Gasteiger charge is -2.29. The number of pyridine rings is 1. The van der Waals surface area contributed by atoms with Gasteiger partial charge < -0.3 is 5.32 Å². The molecule has 0 unspecified atom stereocenters. The molecule has 5 rings (SSSR count). The molecular weight excluding hydrogens is 389 g/mol. The molecule has 2 aliphatic rings. The highest BCUT2D eigenvalue weighted by molar-refractivity contribution is 7.90. The molecule has 29 heavy (non-hydrogen) atoms. The number of halogens is 1. The minimum atomic E-state index is -3.90. The predicted octanol–water partition coefficient (Wildman–Crippen LogP) is 4.19. The molecule has 2 fully saturated rings. The molecule has 0 spiro atoms. The first kappa shape index (κ1) is 18.8. The number of benzene rings is 1. The molecule has 1 aromatic carbocycles. The van der Waals surface area contributed by atoms with E-state index in [2.05, 4.69) is 10.3 Å². The normalized spacial score (nSPS) is 22.8. The highest BCUT2D eigenvalue weighted by Crippen LogP contribution is 2.38. The zero-order valence-electron chi connectivity index (χ0n) is 16.1.